The highest BCUT2D eigenvalue weighted by Gasteiger charge is 2.31. The monoisotopic (exact) mass is 256 g/mol. The molecule has 0 heterocycles. The van der Waals surface area contributed by atoms with Crippen molar-refractivity contribution in [1.82, 2.24) is 0 Å². The van der Waals surface area contributed by atoms with Gasteiger partial charge in [-0.25, -0.2) is 0 Å². The SMILES string of the molecule is C#CC(C)Cc1cc(C(F)(F)F)ccc1OCC. The lowest BCUT2D eigenvalue weighted by molar-refractivity contribution is -0.137. The molecule has 0 aliphatic heterocycles. The Hall–Kier alpha value is -1.63. The molecule has 0 aromatic heterocycles. The molecule has 0 fully saturated rings. The summed E-state index contributed by atoms with van der Waals surface area (Å²) in [6.45, 7) is 3.98. The molecule has 0 spiro atoms. The third-order valence-corrected chi connectivity index (χ3v) is 2.50. The highest BCUT2D eigenvalue weighted by molar-refractivity contribution is 5.39. The fourth-order valence-corrected chi connectivity index (χ4v) is 1.60. The second-order valence-corrected chi connectivity index (χ2v) is 4.03. The molecule has 0 saturated heterocycles. The maximum absolute atomic E-state index is 12.6. The lowest BCUT2D eigenvalue weighted by atomic mass is 9.99. The smallest absolute Gasteiger partial charge is 0.416 e. The third kappa shape index (κ3) is 3.69. The van der Waals surface area contributed by atoms with E-state index in [0.29, 0.717) is 24.3 Å². The van der Waals surface area contributed by atoms with Crippen molar-refractivity contribution in [2.24, 2.45) is 5.92 Å². The summed E-state index contributed by atoms with van der Waals surface area (Å²) < 4.78 is 43.2. The quantitative estimate of drug-likeness (QED) is 0.742. The highest BCUT2D eigenvalue weighted by Crippen LogP contribution is 2.33. The number of hydrogen-bond donors (Lipinski definition) is 0. The minimum atomic E-state index is -4.35. The summed E-state index contributed by atoms with van der Waals surface area (Å²) in [5.74, 6) is 2.84. The first-order valence-corrected chi connectivity index (χ1v) is 5.67. The number of ether oxygens (including phenoxy) is 1. The molecular formula is C14H15F3O. The molecule has 0 bridgehead atoms. The van der Waals surface area contributed by atoms with Crippen molar-refractivity contribution in [3.05, 3.63) is 29.3 Å². The Kier molecular flexibility index (Phi) is 4.66. The fraction of sp³-hybridized carbons (Fsp3) is 0.429. The summed E-state index contributed by atoms with van der Waals surface area (Å²) in [5, 5.41) is 0. The zero-order valence-corrected chi connectivity index (χ0v) is 10.3. The van der Waals surface area contributed by atoms with E-state index >= 15 is 0 Å². The second-order valence-electron chi connectivity index (χ2n) is 4.03. The van der Waals surface area contributed by atoms with E-state index in [1.165, 1.54) is 6.07 Å². The molecule has 1 aromatic rings. The molecule has 98 valence electrons. The van der Waals surface area contributed by atoms with Crippen molar-refractivity contribution in [1.29, 1.82) is 0 Å². The van der Waals surface area contributed by atoms with Crippen LogP contribution in [0, 0.1) is 18.3 Å². The molecule has 1 rings (SSSR count). The highest BCUT2D eigenvalue weighted by atomic mass is 19.4. The molecule has 0 amide bonds. The average Bonchev–Trinajstić information content (AvgIpc) is 2.30. The number of hydrogen-bond acceptors (Lipinski definition) is 1. The van der Waals surface area contributed by atoms with Gasteiger partial charge in [-0.3, -0.25) is 0 Å². The van der Waals surface area contributed by atoms with E-state index in [9.17, 15) is 13.2 Å². The van der Waals surface area contributed by atoms with Gasteiger partial charge in [0, 0.05) is 5.92 Å². The van der Waals surface area contributed by atoms with E-state index < -0.39 is 11.7 Å². The molecule has 0 N–H and O–H groups in total. The molecule has 0 aliphatic rings. The summed E-state index contributed by atoms with van der Waals surface area (Å²) in [7, 11) is 0. The van der Waals surface area contributed by atoms with Crippen LogP contribution in [0.1, 0.15) is 25.0 Å². The minimum Gasteiger partial charge on any atom is -0.494 e. The summed E-state index contributed by atoms with van der Waals surface area (Å²) in [6, 6.07) is 3.48. The van der Waals surface area contributed by atoms with Gasteiger partial charge in [0.25, 0.3) is 0 Å². The van der Waals surface area contributed by atoms with Crippen LogP contribution >= 0.6 is 0 Å². The summed E-state index contributed by atoms with van der Waals surface area (Å²) in [5.41, 5.74) is -0.178. The second kappa shape index (κ2) is 5.81. The first-order chi connectivity index (χ1) is 8.38. The number of rotatable bonds is 4. The Morgan fingerprint density at radius 2 is 2.06 bits per heavy atom. The Morgan fingerprint density at radius 3 is 2.56 bits per heavy atom. The van der Waals surface area contributed by atoms with Crippen LogP contribution in [0.5, 0.6) is 5.75 Å². The van der Waals surface area contributed by atoms with Gasteiger partial charge in [0.1, 0.15) is 5.75 Å². The largest absolute Gasteiger partial charge is 0.494 e. The topological polar surface area (TPSA) is 9.23 Å². The Labute approximate surface area is 105 Å². The number of alkyl halides is 3. The normalized spacial score (nSPS) is 12.9. The van der Waals surface area contributed by atoms with Crippen LogP contribution in [0.25, 0.3) is 0 Å². The van der Waals surface area contributed by atoms with Gasteiger partial charge in [-0.1, -0.05) is 6.92 Å². The standard InChI is InChI=1S/C14H15F3O/c1-4-10(3)8-11-9-12(14(15,16)17)6-7-13(11)18-5-2/h1,6-7,9-10H,5,8H2,2-3H3. The van der Waals surface area contributed by atoms with E-state index in [1.54, 1.807) is 13.8 Å². The van der Waals surface area contributed by atoms with Crippen molar-refractivity contribution in [2.75, 3.05) is 6.61 Å². The predicted molar refractivity (Wildman–Crippen MR) is 64.3 cm³/mol. The maximum Gasteiger partial charge on any atom is 0.416 e. The lowest BCUT2D eigenvalue weighted by Gasteiger charge is -2.14. The Balaban J connectivity index is 3.12. The molecule has 4 heteroatoms. The van der Waals surface area contributed by atoms with Crippen LogP contribution in [0.3, 0.4) is 0 Å². The van der Waals surface area contributed by atoms with Gasteiger partial charge in [-0.15, -0.1) is 12.3 Å². The van der Waals surface area contributed by atoms with Gasteiger partial charge in [0.05, 0.1) is 12.2 Å². The van der Waals surface area contributed by atoms with E-state index in [4.69, 9.17) is 11.2 Å². The van der Waals surface area contributed by atoms with E-state index in [2.05, 4.69) is 5.92 Å². The summed E-state index contributed by atoms with van der Waals surface area (Å²) >= 11 is 0. The lowest BCUT2D eigenvalue weighted by Crippen LogP contribution is -2.08. The van der Waals surface area contributed by atoms with Crippen LogP contribution in [-0.2, 0) is 12.6 Å². The van der Waals surface area contributed by atoms with Crippen LogP contribution in [-0.4, -0.2) is 6.61 Å². The first kappa shape index (κ1) is 14.4. The fourth-order valence-electron chi connectivity index (χ4n) is 1.60. The molecule has 0 radical (unpaired) electrons. The maximum atomic E-state index is 12.6. The number of halogens is 3. The van der Waals surface area contributed by atoms with Crippen molar-refractivity contribution in [3.63, 3.8) is 0 Å². The number of terminal acetylenes is 1. The zero-order chi connectivity index (χ0) is 13.8. The van der Waals surface area contributed by atoms with E-state index in [1.807, 2.05) is 0 Å². The van der Waals surface area contributed by atoms with Gasteiger partial charge in [-0.05, 0) is 37.1 Å². The van der Waals surface area contributed by atoms with E-state index in [-0.39, 0.29) is 5.92 Å². The Bertz CT molecular complexity index is 443. The molecule has 1 atom stereocenters. The molecule has 1 nitrogen and oxygen atoms in total. The van der Waals surface area contributed by atoms with Gasteiger partial charge < -0.3 is 4.74 Å². The average molecular weight is 256 g/mol. The van der Waals surface area contributed by atoms with Crippen molar-refractivity contribution in [3.8, 4) is 18.1 Å². The van der Waals surface area contributed by atoms with Crippen molar-refractivity contribution >= 4 is 0 Å². The Morgan fingerprint density at radius 1 is 1.39 bits per heavy atom. The van der Waals surface area contributed by atoms with Gasteiger partial charge >= 0.3 is 6.18 Å². The van der Waals surface area contributed by atoms with Crippen molar-refractivity contribution in [2.45, 2.75) is 26.4 Å². The van der Waals surface area contributed by atoms with E-state index in [0.717, 1.165) is 12.1 Å². The van der Waals surface area contributed by atoms with Crippen LogP contribution in [0.15, 0.2) is 18.2 Å². The molecule has 1 aromatic carbocycles. The van der Waals surface area contributed by atoms with Gasteiger partial charge in [0.15, 0.2) is 0 Å². The zero-order valence-electron chi connectivity index (χ0n) is 10.3. The third-order valence-electron chi connectivity index (χ3n) is 2.50. The molecular weight excluding hydrogens is 241 g/mol. The molecule has 18 heavy (non-hydrogen) atoms. The molecule has 0 saturated carbocycles. The van der Waals surface area contributed by atoms with Gasteiger partial charge in [0.2, 0.25) is 0 Å². The predicted octanol–water partition coefficient (Wildman–Crippen LogP) is 3.92. The summed E-state index contributed by atoms with van der Waals surface area (Å²) in [6.07, 6.45) is 1.28. The first-order valence-electron chi connectivity index (χ1n) is 5.67. The number of benzene rings is 1. The summed E-state index contributed by atoms with van der Waals surface area (Å²) in [4.78, 5) is 0. The van der Waals surface area contributed by atoms with Gasteiger partial charge in [-0.2, -0.15) is 13.2 Å². The van der Waals surface area contributed by atoms with Crippen molar-refractivity contribution < 1.29 is 17.9 Å². The molecule has 0 aliphatic carbocycles. The van der Waals surface area contributed by atoms with Crippen LogP contribution in [0.4, 0.5) is 13.2 Å². The van der Waals surface area contributed by atoms with Crippen LogP contribution < -0.4 is 4.74 Å². The minimum absolute atomic E-state index is 0.132. The molecule has 1 unspecified atom stereocenters. The van der Waals surface area contributed by atoms with Crippen LogP contribution in [0.2, 0.25) is 0 Å².